The van der Waals surface area contributed by atoms with Crippen molar-refractivity contribution in [2.24, 2.45) is 13.0 Å². The van der Waals surface area contributed by atoms with E-state index in [1.807, 2.05) is 32.4 Å². The molecular formula is C14H24N4O3S2. The van der Waals surface area contributed by atoms with Gasteiger partial charge >= 0.3 is 0 Å². The van der Waals surface area contributed by atoms with Crippen LogP contribution in [-0.2, 0) is 28.1 Å². The summed E-state index contributed by atoms with van der Waals surface area (Å²) in [6.45, 7) is 5.81. The van der Waals surface area contributed by atoms with Crippen molar-refractivity contribution >= 4 is 27.5 Å². The molecule has 1 saturated heterocycles. The van der Waals surface area contributed by atoms with Gasteiger partial charge in [-0.3, -0.25) is 4.79 Å². The van der Waals surface area contributed by atoms with E-state index < -0.39 is 9.84 Å². The molecule has 1 aliphatic rings. The van der Waals surface area contributed by atoms with Crippen LogP contribution in [0.4, 0.5) is 0 Å². The first kappa shape index (κ1) is 18.3. The van der Waals surface area contributed by atoms with Crippen molar-refractivity contribution in [3.63, 3.8) is 0 Å². The zero-order chi connectivity index (χ0) is 17.3. The first-order valence-corrected chi connectivity index (χ1v) is 10.4. The van der Waals surface area contributed by atoms with Crippen LogP contribution < -0.4 is 5.32 Å². The van der Waals surface area contributed by atoms with E-state index in [2.05, 4.69) is 15.5 Å². The molecule has 0 aliphatic carbocycles. The third kappa shape index (κ3) is 5.49. The molecule has 0 spiro atoms. The van der Waals surface area contributed by atoms with Crippen molar-refractivity contribution in [2.45, 2.75) is 44.3 Å². The predicted molar refractivity (Wildman–Crippen MR) is 90.1 cm³/mol. The number of thioether (sulfide) groups is 1. The second-order valence-electron chi connectivity index (χ2n) is 7.02. The molecule has 1 atom stereocenters. The molecule has 1 amide bonds. The lowest BCUT2D eigenvalue weighted by Gasteiger charge is -2.20. The van der Waals surface area contributed by atoms with E-state index in [-0.39, 0.29) is 34.6 Å². The Morgan fingerprint density at radius 1 is 1.39 bits per heavy atom. The van der Waals surface area contributed by atoms with Crippen LogP contribution in [0.15, 0.2) is 5.16 Å². The third-order valence-electron chi connectivity index (χ3n) is 3.57. The molecule has 0 unspecified atom stereocenters. The second kappa shape index (κ2) is 6.80. The van der Waals surface area contributed by atoms with Gasteiger partial charge in [0, 0.05) is 19.0 Å². The number of amides is 1. The highest BCUT2D eigenvalue weighted by Gasteiger charge is 2.29. The SMILES string of the molecule is Cn1c(C[C@H]2CCS(=O)(=O)C2)nnc1SCC(=O)NC(C)(C)C. The highest BCUT2D eigenvalue weighted by Crippen LogP contribution is 2.23. The van der Waals surface area contributed by atoms with Crippen LogP contribution in [0, 0.1) is 5.92 Å². The summed E-state index contributed by atoms with van der Waals surface area (Å²) < 4.78 is 24.9. The van der Waals surface area contributed by atoms with Crippen LogP contribution in [0.3, 0.4) is 0 Å². The van der Waals surface area contributed by atoms with Crippen molar-refractivity contribution in [1.29, 1.82) is 0 Å². The maximum Gasteiger partial charge on any atom is 0.230 e. The molecule has 1 aliphatic heterocycles. The Balaban J connectivity index is 1.91. The van der Waals surface area contributed by atoms with Crippen LogP contribution in [0.1, 0.15) is 33.0 Å². The summed E-state index contributed by atoms with van der Waals surface area (Å²) in [6.07, 6.45) is 1.29. The largest absolute Gasteiger partial charge is 0.351 e. The monoisotopic (exact) mass is 360 g/mol. The van der Waals surface area contributed by atoms with E-state index in [9.17, 15) is 13.2 Å². The van der Waals surface area contributed by atoms with Crippen LogP contribution >= 0.6 is 11.8 Å². The molecule has 1 fully saturated rings. The van der Waals surface area contributed by atoms with Crippen LogP contribution in [0.2, 0.25) is 0 Å². The van der Waals surface area contributed by atoms with Gasteiger partial charge in [-0.05, 0) is 33.1 Å². The zero-order valence-corrected chi connectivity index (χ0v) is 15.6. The number of nitrogens with zero attached hydrogens (tertiary/aromatic N) is 3. The standard InChI is InChI=1S/C14H24N4O3S2/c1-14(2,3)15-12(19)8-22-13-17-16-11(18(13)4)7-10-5-6-23(20,21)9-10/h10H,5-9H2,1-4H3,(H,15,19)/t10-/m1/s1. The van der Waals surface area contributed by atoms with E-state index in [4.69, 9.17) is 0 Å². The molecule has 130 valence electrons. The summed E-state index contributed by atoms with van der Waals surface area (Å²) in [5.74, 6) is 1.62. The number of aromatic nitrogens is 3. The lowest BCUT2D eigenvalue weighted by atomic mass is 10.1. The first-order chi connectivity index (χ1) is 10.6. The van der Waals surface area contributed by atoms with Gasteiger partial charge in [-0.25, -0.2) is 8.42 Å². The topological polar surface area (TPSA) is 93.9 Å². The molecule has 1 aromatic heterocycles. The molecule has 1 N–H and O–H groups in total. The summed E-state index contributed by atoms with van der Waals surface area (Å²) >= 11 is 1.33. The Morgan fingerprint density at radius 2 is 2.09 bits per heavy atom. The van der Waals surface area contributed by atoms with Gasteiger partial charge in [0.25, 0.3) is 0 Å². The quantitative estimate of drug-likeness (QED) is 0.781. The number of hydrogen-bond acceptors (Lipinski definition) is 6. The lowest BCUT2D eigenvalue weighted by molar-refractivity contribution is -0.119. The Hall–Kier alpha value is -1.09. The predicted octanol–water partition coefficient (Wildman–Crippen LogP) is 0.799. The average Bonchev–Trinajstić information content (AvgIpc) is 2.90. The number of rotatable bonds is 5. The van der Waals surface area contributed by atoms with E-state index >= 15 is 0 Å². The molecule has 7 nitrogen and oxygen atoms in total. The summed E-state index contributed by atoms with van der Waals surface area (Å²) in [4.78, 5) is 11.8. The summed E-state index contributed by atoms with van der Waals surface area (Å²) in [5, 5.41) is 11.8. The summed E-state index contributed by atoms with van der Waals surface area (Å²) in [6, 6.07) is 0. The van der Waals surface area contributed by atoms with Gasteiger partial charge in [-0.1, -0.05) is 11.8 Å². The normalized spacial score (nSPS) is 20.6. The molecular weight excluding hydrogens is 336 g/mol. The van der Waals surface area contributed by atoms with Crippen LogP contribution in [0.25, 0.3) is 0 Å². The van der Waals surface area contributed by atoms with Crippen molar-refractivity contribution in [1.82, 2.24) is 20.1 Å². The van der Waals surface area contributed by atoms with Gasteiger partial charge in [-0.2, -0.15) is 0 Å². The highest BCUT2D eigenvalue weighted by molar-refractivity contribution is 7.99. The molecule has 0 saturated carbocycles. The molecule has 1 aromatic rings. The number of carbonyl (C=O) groups is 1. The Kier molecular flexibility index (Phi) is 5.40. The molecule has 0 bridgehead atoms. The molecule has 0 aromatic carbocycles. The Labute approximate surface area is 141 Å². The van der Waals surface area contributed by atoms with E-state index in [1.165, 1.54) is 11.8 Å². The fourth-order valence-corrected chi connectivity index (χ4v) is 5.12. The Bertz CT molecular complexity index is 677. The van der Waals surface area contributed by atoms with Crippen LogP contribution in [-0.4, -0.2) is 51.9 Å². The minimum absolute atomic E-state index is 0.0473. The number of carbonyl (C=O) groups excluding carboxylic acids is 1. The van der Waals surface area contributed by atoms with Gasteiger partial charge in [0.15, 0.2) is 15.0 Å². The molecule has 2 rings (SSSR count). The van der Waals surface area contributed by atoms with Crippen molar-refractivity contribution < 1.29 is 13.2 Å². The highest BCUT2D eigenvalue weighted by atomic mass is 32.2. The van der Waals surface area contributed by atoms with Crippen molar-refractivity contribution in [3.05, 3.63) is 5.82 Å². The lowest BCUT2D eigenvalue weighted by Crippen LogP contribution is -2.41. The van der Waals surface area contributed by atoms with Gasteiger partial charge in [0.1, 0.15) is 5.82 Å². The van der Waals surface area contributed by atoms with Crippen LogP contribution in [0.5, 0.6) is 0 Å². The first-order valence-electron chi connectivity index (χ1n) is 7.58. The van der Waals surface area contributed by atoms with E-state index in [0.29, 0.717) is 18.0 Å². The number of nitrogens with one attached hydrogen (secondary N) is 1. The molecule has 23 heavy (non-hydrogen) atoms. The average molecular weight is 361 g/mol. The van der Waals surface area contributed by atoms with Crippen molar-refractivity contribution in [3.8, 4) is 0 Å². The fraction of sp³-hybridized carbons (Fsp3) is 0.786. The summed E-state index contributed by atoms with van der Waals surface area (Å²) in [5.41, 5.74) is -0.253. The fourth-order valence-electron chi connectivity index (χ4n) is 2.52. The maximum atomic E-state index is 11.8. The van der Waals surface area contributed by atoms with E-state index in [0.717, 1.165) is 5.82 Å². The Morgan fingerprint density at radius 3 is 2.65 bits per heavy atom. The van der Waals surface area contributed by atoms with Gasteiger partial charge in [-0.15, -0.1) is 10.2 Å². The smallest absolute Gasteiger partial charge is 0.230 e. The minimum Gasteiger partial charge on any atom is -0.351 e. The van der Waals surface area contributed by atoms with Crippen molar-refractivity contribution in [2.75, 3.05) is 17.3 Å². The molecule has 2 heterocycles. The number of sulfone groups is 1. The second-order valence-corrected chi connectivity index (χ2v) is 10.2. The minimum atomic E-state index is -2.88. The van der Waals surface area contributed by atoms with Gasteiger partial charge in [0.05, 0.1) is 17.3 Å². The maximum absolute atomic E-state index is 11.8. The number of hydrogen-bond donors (Lipinski definition) is 1. The third-order valence-corrected chi connectivity index (χ3v) is 6.43. The molecule has 0 radical (unpaired) electrons. The zero-order valence-electron chi connectivity index (χ0n) is 14.0. The van der Waals surface area contributed by atoms with E-state index in [1.54, 1.807) is 0 Å². The molecule has 9 heteroatoms. The summed E-state index contributed by atoms with van der Waals surface area (Å²) in [7, 11) is -1.03. The van der Waals surface area contributed by atoms with Gasteiger partial charge in [0.2, 0.25) is 5.91 Å². The van der Waals surface area contributed by atoms with Gasteiger partial charge < -0.3 is 9.88 Å².